The van der Waals surface area contributed by atoms with Gasteiger partial charge in [-0.3, -0.25) is 4.99 Å². The summed E-state index contributed by atoms with van der Waals surface area (Å²) in [6.07, 6.45) is 2.62. The van der Waals surface area contributed by atoms with Gasteiger partial charge in [0.25, 0.3) is 0 Å². The number of aromatic hydroxyl groups is 1. The summed E-state index contributed by atoms with van der Waals surface area (Å²) in [6.45, 7) is 2.07. The van der Waals surface area contributed by atoms with E-state index in [9.17, 15) is 5.11 Å². The van der Waals surface area contributed by atoms with Crippen LogP contribution in [0.4, 0.5) is 0 Å². The van der Waals surface area contributed by atoms with Crippen molar-refractivity contribution in [2.24, 2.45) is 4.99 Å². The molecule has 2 aromatic rings. The molecule has 0 spiro atoms. The van der Waals surface area contributed by atoms with Gasteiger partial charge in [-0.2, -0.15) is 0 Å². The molecule has 0 heterocycles. The van der Waals surface area contributed by atoms with E-state index >= 15 is 0 Å². The van der Waals surface area contributed by atoms with Crippen LogP contribution in [-0.4, -0.2) is 17.4 Å². The molecule has 1 N–H and O–H groups in total. The normalized spacial score (nSPS) is 12.7. The zero-order chi connectivity index (χ0) is 13.7. The van der Waals surface area contributed by atoms with Gasteiger partial charge in [0.15, 0.2) is 0 Å². The van der Waals surface area contributed by atoms with Crippen molar-refractivity contribution >= 4 is 22.1 Å². The summed E-state index contributed by atoms with van der Waals surface area (Å²) in [4.78, 5) is 4.49. The first-order chi connectivity index (χ1) is 9.15. The first kappa shape index (κ1) is 13.8. The second-order valence-corrected chi connectivity index (χ2v) is 5.44. The fourth-order valence-corrected chi connectivity index (χ4v) is 2.22. The highest BCUT2D eigenvalue weighted by molar-refractivity contribution is 9.10. The number of halogens is 1. The third-order valence-corrected chi connectivity index (χ3v) is 3.32. The van der Waals surface area contributed by atoms with Crippen molar-refractivity contribution in [2.75, 3.05) is 0 Å². The Bertz CT molecular complexity index is 566. The van der Waals surface area contributed by atoms with E-state index in [1.165, 1.54) is 5.56 Å². The molecule has 0 bridgehead atoms. The highest BCUT2D eigenvalue weighted by Gasteiger charge is 2.02. The molecule has 0 aliphatic rings. The Labute approximate surface area is 122 Å². The lowest BCUT2D eigenvalue weighted by Gasteiger charge is -2.06. The van der Waals surface area contributed by atoms with Gasteiger partial charge in [0.05, 0.1) is 6.04 Å². The van der Waals surface area contributed by atoms with E-state index in [0.29, 0.717) is 0 Å². The van der Waals surface area contributed by atoms with Crippen LogP contribution in [0.25, 0.3) is 0 Å². The Morgan fingerprint density at radius 3 is 2.68 bits per heavy atom. The fourth-order valence-electron chi connectivity index (χ4n) is 1.84. The third kappa shape index (κ3) is 4.21. The van der Waals surface area contributed by atoms with E-state index in [1.807, 2.05) is 24.3 Å². The third-order valence-electron chi connectivity index (χ3n) is 2.83. The summed E-state index contributed by atoms with van der Waals surface area (Å²) < 4.78 is 0.933. The molecule has 0 saturated heterocycles. The van der Waals surface area contributed by atoms with E-state index in [4.69, 9.17) is 0 Å². The molecule has 0 saturated carbocycles. The molecule has 0 aliphatic carbocycles. The van der Waals surface area contributed by atoms with E-state index in [0.717, 1.165) is 16.5 Å². The Morgan fingerprint density at radius 2 is 1.95 bits per heavy atom. The highest BCUT2D eigenvalue weighted by Crippen LogP contribution is 2.20. The van der Waals surface area contributed by atoms with Crippen molar-refractivity contribution in [3.05, 3.63) is 64.1 Å². The zero-order valence-corrected chi connectivity index (χ0v) is 12.3. The van der Waals surface area contributed by atoms with Crippen molar-refractivity contribution in [1.29, 1.82) is 0 Å². The van der Waals surface area contributed by atoms with Crippen LogP contribution >= 0.6 is 15.9 Å². The predicted molar refractivity (Wildman–Crippen MR) is 83.0 cm³/mol. The van der Waals surface area contributed by atoms with Gasteiger partial charge in [-0.1, -0.05) is 46.3 Å². The molecule has 0 aliphatic heterocycles. The molecule has 0 unspecified atom stereocenters. The Morgan fingerprint density at radius 1 is 1.21 bits per heavy atom. The van der Waals surface area contributed by atoms with Crippen LogP contribution in [0.5, 0.6) is 5.75 Å². The summed E-state index contributed by atoms with van der Waals surface area (Å²) in [5.41, 5.74) is 2.00. The zero-order valence-electron chi connectivity index (χ0n) is 10.8. The molecular formula is C16H16BrNO. The molecular weight excluding hydrogens is 302 g/mol. The Kier molecular flexibility index (Phi) is 4.74. The van der Waals surface area contributed by atoms with E-state index in [2.05, 4.69) is 40.0 Å². The largest absolute Gasteiger partial charge is 0.507 e. The summed E-state index contributed by atoms with van der Waals surface area (Å²) in [7, 11) is 0. The van der Waals surface area contributed by atoms with E-state index in [-0.39, 0.29) is 11.8 Å². The quantitative estimate of drug-likeness (QED) is 0.842. The number of hydrogen-bond acceptors (Lipinski definition) is 2. The SMILES string of the molecule is C[C@H](Cc1ccccc1)N=Cc1cc(Br)ccc1O. The lowest BCUT2D eigenvalue weighted by molar-refractivity contribution is 0.474. The van der Waals surface area contributed by atoms with Crippen LogP contribution < -0.4 is 0 Å². The minimum atomic E-state index is 0.181. The number of nitrogens with zero attached hydrogens (tertiary/aromatic N) is 1. The van der Waals surface area contributed by atoms with Gasteiger partial charge in [-0.15, -0.1) is 0 Å². The molecule has 0 aromatic heterocycles. The second kappa shape index (κ2) is 6.53. The first-order valence-electron chi connectivity index (χ1n) is 6.21. The monoisotopic (exact) mass is 317 g/mol. The molecule has 2 aromatic carbocycles. The number of aliphatic imine (C=N–C) groups is 1. The minimum absolute atomic E-state index is 0.181. The molecule has 0 fully saturated rings. The molecule has 0 amide bonds. The van der Waals surface area contributed by atoms with Gasteiger partial charge in [-0.05, 0) is 37.1 Å². The van der Waals surface area contributed by atoms with Crippen LogP contribution in [0.3, 0.4) is 0 Å². The maximum absolute atomic E-state index is 9.73. The van der Waals surface area contributed by atoms with Crippen LogP contribution in [0, 0.1) is 0 Å². The lowest BCUT2D eigenvalue weighted by Crippen LogP contribution is -2.03. The van der Waals surface area contributed by atoms with E-state index < -0.39 is 0 Å². The topological polar surface area (TPSA) is 32.6 Å². The van der Waals surface area contributed by atoms with Gasteiger partial charge in [-0.25, -0.2) is 0 Å². The minimum Gasteiger partial charge on any atom is -0.507 e. The molecule has 98 valence electrons. The summed E-state index contributed by atoms with van der Waals surface area (Å²) in [5, 5.41) is 9.73. The van der Waals surface area contributed by atoms with Gasteiger partial charge in [0.1, 0.15) is 5.75 Å². The van der Waals surface area contributed by atoms with Gasteiger partial charge in [0, 0.05) is 16.3 Å². The van der Waals surface area contributed by atoms with Crippen molar-refractivity contribution in [3.8, 4) is 5.75 Å². The average molecular weight is 318 g/mol. The number of rotatable bonds is 4. The Balaban J connectivity index is 2.04. The van der Waals surface area contributed by atoms with Crippen molar-refractivity contribution in [3.63, 3.8) is 0 Å². The summed E-state index contributed by atoms with van der Waals surface area (Å²) in [6, 6.07) is 15.8. The van der Waals surface area contributed by atoms with Crippen LogP contribution in [0.2, 0.25) is 0 Å². The lowest BCUT2D eigenvalue weighted by atomic mass is 10.1. The van der Waals surface area contributed by atoms with Crippen LogP contribution in [0.15, 0.2) is 58.0 Å². The number of phenols is 1. The number of benzene rings is 2. The molecule has 2 nitrogen and oxygen atoms in total. The van der Waals surface area contributed by atoms with Gasteiger partial charge >= 0.3 is 0 Å². The maximum Gasteiger partial charge on any atom is 0.124 e. The molecule has 0 radical (unpaired) electrons. The van der Waals surface area contributed by atoms with Gasteiger partial charge in [0.2, 0.25) is 0 Å². The van der Waals surface area contributed by atoms with Crippen molar-refractivity contribution in [2.45, 2.75) is 19.4 Å². The standard InChI is InChI=1S/C16H16BrNO/c1-12(9-13-5-3-2-4-6-13)18-11-14-10-15(17)7-8-16(14)19/h2-8,10-12,19H,9H2,1H3/t12-/m1/s1. The molecule has 3 heteroatoms. The highest BCUT2D eigenvalue weighted by atomic mass is 79.9. The van der Waals surface area contributed by atoms with Crippen LogP contribution in [0.1, 0.15) is 18.1 Å². The number of hydrogen-bond donors (Lipinski definition) is 1. The first-order valence-corrected chi connectivity index (χ1v) is 7.00. The average Bonchev–Trinajstić information content (AvgIpc) is 2.41. The van der Waals surface area contributed by atoms with E-state index in [1.54, 1.807) is 18.3 Å². The fraction of sp³-hybridized carbons (Fsp3) is 0.188. The maximum atomic E-state index is 9.73. The molecule has 19 heavy (non-hydrogen) atoms. The summed E-state index contributed by atoms with van der Waals surface area (Å²) >= 11 is 3.38. The second-order valence-electron chi connectivity index (χ2n) is 4.52. The smallest absolute Gasteiger partial charge is 0.124 e. The van der Waals surface area contributed by atoms with Gasteiger partial charge < -0.3 is 5.11 Å². The molecule has 2 rings (SSSR count). The number of phenolic OH excluding ortho intramolecular Hbond substituents is 1. The molecule has 1 atom stereocenters. The van der Waals surface area contributed by atoms with Crippen molar-refractivity contribution in [1.82, 2.24) is 0 Å². The summed E-state index contributed by atoms with van der Waals surface area (Å²) in [5.74, 6) is 0.249. The van der Waals surface area contributed by atoms with Crippen molar-refractivity contribution < 1.29 is 5.11 Å². The Hall–Kier alpha value is -1.61. The van der Waals surface area contributed by atoms with Crippen LogP contribution in [-0.2, 0) is 6.42 Å². The predicted octanol–water partition coefficient (Wildman–Crippen LogP) is 4.20.